The highest BCUT2D eigenvalue weighted by Gasteiger charge is 2.22. The fourth-order valence-corrected chi connectivity index (χ4v) is 2.69. The fourth-order valence-electron chi connectivity index (χ4n) is 1.86. The van der Waals surface area contributed by atoms with E-state index in [9.17, 15) is 4.39 Å². The molecule has 0 radical (unpaired) electrons. The van der Waals surface area contributed by atoms with Gasteiger partial charge in [0.1, 0.15) is 6.10 Å². The van der Waals surface area contributed by atoms with Crippen LogP contribution in [-0.2, 0) is 0 Å². The summed E-state index contributed by atoms with van der Waals surface area (Å²) in [5.74, 6) is -0.0854. The number of ether oxygens (including phenoxy) is 1. The summed E-state index contributed by atoms with van der Waals surface area (Å²) in [7, 11) is 0. The van der Waals surface area contributed by atoms with Gasteiger partial charge < -0.3 is 10.5 Å². The molecule has 1 aromatic heterocycles. The smallest absolute Gasteiger partial charge is 0.165 e. The van der Waals surface area contributed by atoms with Crippen molar-refractivity contribution in [1.29, 1.82) is 0 Å². The van der Waals surface area contributed by atoms with Crippen molar-refractivity contribution in [3.63, 3.8) is 0 Å². The van der Waals surface area contributed by atoms with Crippen molar-refractivity contribution >= 4 is 11.3 Å². The number of rotatable bonds is 5. The number of nitrogens with two attached hydrogens (primary N) is 1. The first-order valence-electron chi connectivity index (χ1n) is 6.33. The zero-order valence-electron chi connectivity index (χ0n) is 11.1. The fraction of sp³-hybridized carbons (Fsp3) is 0.333. The minimum atomic E-state index is -0.351. The van der Waals surface area contributed by atoms with E-state index in [2.05, 4.69) is 0 Å². The van der Waals surface area contributed by atoms with Crippen LogP contribution < -0.4 is 10.5 Å². The summed E-state index contributed by atoms with van der Waals surface area (Å²) < 4.78 is 19.6. The van der Waals surface area contributed by atoms with Crippen molar-refractivity contribution in [2.75, 3.05) is 0 Å². The predicted molar refractivity (Wildman–Crippen MR) is 77.1 cm³/mol. The molecular weight excluding hydrogens is 261 g/mol. The van der Waals surface area contributed by atoms with E-state index >= 15 is 0 Å². The Morgan fingerprint density at radius 2 is 2.16 bits per heavy atom. The number of hydrogen-bond acceptors (Lipinski definition) is 3. The number of halogens is 1. The van der Waals surface area contributed by atoms with Crippen LogP contribution in [0, 0.1) is 12.7 Å². The maximum atomic E-state index is 13.8. The molecule has 102 valence electrons. The largest absolute Gasteiger partial charge is 0.480 e. The van der Waals surface area contributed by atoms with Crippen LogP contribution in [0.15, 0.2) is 35.7 Å². The molecule has 0 saturated heterocycles. The minimum Gasteiger partial charge on any atom is -0.480 e. The molecule has 0 aliphatic carbocycles. The van der Waals surface area contributed by atoms with Crippen molar-refractivity contribution in [2.24, 2.45) is 5.73 Å². The highest BCUT2D eigenvalue weighted by molar-refractivity contribution is 7.10. The van der Waals surface area contributed by atoms with Crippen LogP contribution in [0.4, 0.5) is 4.39 Å². The lowest BCUT2D eigenvalue weighted by Crippen LogP contribution is -2.31. The summed E-state index contributed by atoms with van der Waals surface area (Å²) in [4.78, 5) is 1.02. The Morgan fingerprint density at radius 3 is 2.79 bits per heavy atom. The van der Waals surface area contributed by atoms with Gasteiger partial charge in [0.05, 0.1) is 0 Å². The predicted octanol–water partition coefficient (Wildman–Crippen LogP) is 4.05. The molecule has 0 aliphatic rings. The maximum Gasteiger partial charge on any atom is 0.165 e. The zero-order chi connectivity index (χ0) is 13.8. The number of thiophene rings is 1. The summed E-state index contributed by atoms with van der Waals surface area (Å²) in [6.07, 6.45) is 0.469. The molecule has 0 saturated carbocycles. The van der Waals surface area contributed by atoms with Gasteiger partial charge in [-0.3, -0.25) is 0 Å². The molecule has 0 bridgehead atoms. The third kappa shape index (κ3) is 3.33. The topological polar surface area (TPSA) is 35.2 Å². The van der Waals surface area contributed by atoms with Gasteiger partial charge in [0.2, 0.25) is 0 Å². The van der Waals surface area contributed by atoms with Gasteiger partial charge in [0, 0.05) is 10.9 Å². The van der Waals surface area contributed by atoms with Crippen molar-refractivity contribution in [2.45, 2.75) is 32.4 Å². The van der Waals surface area contributed by atoms with Crippen molar-refractivity contribution < 1.29 is 9.13 Å². The normalized spacial score (nSPS) is 14.1. The molecule has 2 atom stereocenters. The average Bonchev–Trinajstić information content (AvgIpc) is 2.92. The summed E-state index contributed by atoms with van der Waals surface area (Å²) in [6.45, 7) is 3.91. The van der Waals surface area contributed by atoms with Crippen LogP contribution in [0.2, 0.25) is 0 Å². The minimum absolute atomic E-state index is 0.154. The molecule has 0 fully saturated rings. The first kappa shape index (κ1) is 14.0. The summed E-state index contributed by atoms with van der Waals surface area (Å²) in [6, 6.07) is 8.62. The Kier molecular flexibility index (Phi) is 4.56. The molecule has 2 rings (SSSR count). The summed E-state index contributed by atoms with van der Waals surface area (Å²) >= 11 is 1.58. The van der Waals surface area contributed by atoms with Crippen molar-refractivity contribution in [3.05, 3.63) is 52.0 Å². The van der Waals surface area contributed by atoms with E-state index in [0.717, 1.165) is 16.9 Å². The second-order valence-electron chi connectivity index (χ2n) is 4.56. The monoisotopic (exact) mass is 279 g/mol. The molecule has 19 heavy (non-hydrogen) atoms. The van der Waals surface area contributed by atoms with E-state index in [1.54, 1.807) is 23.5 Å². The second-order valence-corrected chi connectivity index (χ2v) is 5.54. The van der Waals surface area contributed by atoms with E-state index < -0.39 is 0 Å². The van der Waals surface area contributed by atoms with Crippen LogP contribution in [-0.4, -0.2) is 6.04 Å². The Bertz CT molecular complexity index is 527. The number of benzene rings is 1. The van der Waals surface area contributed by atoms with Crippen LogP contribution in [0.25, 0.3) is 0 Å². The van der Waals surface area contributed by atoms with Crippen LogP contribution >= 0.6 is 11.3 Å². The van der Waals surface area contributed by atoms with Crippen LogP contribution in [0.5, 0.6) is 5.75 Å². The zero-order valence-corrected chi connectivity index (χ0v) is 11.9. The van der Waals surface area contributed by atoms with Crippen molar-refractivity contribution in [3.8, 4) is 5.75 Å². The van der Waals surface area contributed by atoms with E-state index in [1.165, 1.54) is 6.07 Å². The molecule has 0 spiro atoms. The molecule has 1 aromatic carbocycles. The average molecular weight is 279 g/mol. The second kappa shape index (κ2) is 6.17. The molecule has 2 nitrogen and oxygen atoms in total. The van der Waals surface area contributed by atoms with Gasteiger partial charge in [0.15, 0.2) is 11.6 Å². The summed E-state index contributed by atoms with van der Waals surface area (Å²) in [5, 5.41) is 1.97. The van der Waals surface area contributed by atoms with Gasteiger partial charge >= 0.3 is 0 Å². The number of hydrogen-bond donors (Lipinski definition) is 1. The lowest BCUT2D eigenvalue weighted by molar-refractivity contribution is 0.167. The standard InChI is InChI=1S/C15H18FNOS/c1-3-12(17)15(14-5-4-8-19-14)18-13-9-10(2)6-7-11(13)16/h4-9,12,15H,3,17H2,1-2H3. The van der Waals surface area contributed by atoms with Crippen LogP contribution in [0.1, 0.15) is 29.9 Å². The van der Waals surface area contributed by atoms with Crippen LogP contribution in [0.3, 0.4) is 0 Å². The lowest BCUT2D eigenvalue weighted by Gasteiger charge is -2.23. The highest BCUT2D eigenvalue weighted by atomic mass is 32.1. The van der Waals surface area contributed by atoms with Gasteiger partial charge in [-0.25, -0.2) is 4.39 Å². The van der Waals surface area contributed by atoms with Gasteiger partial charge in [-0.15, -0.1) is 11.3 Å². The quantitative estimate of drug-likeness (QED) is 0.896. The maximum absolute atomic E-state index is 13.8. The van der Waals surface area contributed by atoms with Gasteiger partial charge in [-0.05, 0) is 42.5 Å². The molecule has 0 aliphatic heterocycles. The third-order valence-electron chi connectivity index (χ3n) is 3.02. The highest BCUT2D eigenvalue weighted by Crippen LogP contribution is 2.30. The summed E-state index contributed by atoms with van der Waals surface area (Å²) in [5.41, 5.74) is 7.07. The molecule has 0 amide bonds. The Labute approximate surface area is 117 Å². The third-order valence-corrected chi connectivity index (χ3v) is 3.96. The molecule has 4 heteroatoms. The molecule has 1 heterocycles. The Hall–Kier alpha value is -1.39. The van der Waals surface area contributed by atoms with E-state index in [-0.39, 0.29) is 23.7 Å². The lowest BCUT2D eigenvalue weighted by atomic mass is 10.1. The van der Waals surface area contributed by atoms with E-state index in [1.807, 2.05) is 31.4 Å². The SMILES string of the molecule is CCC(N)C(Oc1cc(C)ccc1F)c1cccs1. The first-order chi connectivity index (χ1) is 9.11. The Balaban J connectivity index is 2.28. The van der Waals surface area contributed by atoms with E-state index in [4.69, 9.17) is 10.5 Å². The molecule has 2 N–H and O–H groups in total. The van der Waals surface area contributed by atoms with Crippen molar-refractivity contribution in [1.82, 2.24) is 0 Å². The first-order valence-corrected chi connectivity index (χ1v) is 7.21. The molecular formula is C15H18FNOS. The van der Waals surface area contributed by atoms with E-state index in [0.29, 0.717) is 0 Å². The Morgan fingerprint density at radius 1 is 1.37 bits per heavy atom. The van der Waals surface area contributed by atoms with Gasteiger partial charge in [0.25, 0.3) is 0 Å². The molecule has 2 unspecified atom stereocenters. The van der Waals surface area contributed by atoms with Gasteiger partial charge in [-0.1, -0.05) is 19.1 Å². The van der Waals surface area contributed by atoms with Gasteiger partial charge in [-0.2, -0.15) is 0 Å². The molecule has 2 aromatic rings. The number of aryl methyl sites for hydroxylation is 1.